The Morgan fingerprint density at radius 1 is 1.50 bits per heavy atom. The Bertz CT molecular complexity index is 407. The lowest BCUT2D eigenvalue weighted by Crippen LogP contribution is -2.16. The second-order valence-corrected chi connectivity index (χ2v) is 3.66. The first-order valence-corrected chi connectivity index (χ1v) is 5.17. The molecular weight excluding hydrogens is 276 g/mol. The van der Waals surface area contributed by atoms with Crippen LogP contribution >= 0.6 is 15.9 Å². The van der Waals surface area contributed by atoms with Gasteiger partial charge in [0.05, 0.1) is 20.4 Å². The van der Waals surface area contributed by atoms with Crippen LogP contribution in [0, 0.1) is 0 Å². The van der Waals surface area contributed by atoms with Gasteiger partial charge in [-0.1, -0.05) is 15.9 Å². The van der Waals surface area contributed by atoms with Crippen LogP contribution in [0.4, 0.5) is 4.79 Å². The second kappa shape index (κ2) is 6.12. The van der Waals surface area contributed by atoms with Crippen LogP contribution < -0.4 is 10.2 Å². The van der Waals surface area contributed by atoms with Crippen LogP contribution in [0.2, 0.25) is 0 Å². The molecule has 0 bridgehead atoms. The third-order valence-electron chi connectivity index (χ3n) is 1.74. The fourth-order valence-corrected chi connectivity index (χ4v) is 1.39. The molecule has 0 radical (unpaired) electrons. The fourth-order valence-electron chi connectivity index (χ4n) is 1.01. The maximum absolute atomic E-state index is 10.7. The summed E-state index contributed by atoms with van der Waals surface area (Å²) in [5.74, 6) is 0.665. The van der Waals surface area contributed by atoms with Crippen molar-refractivity contribution in [3.63, 3.8) is 0 Å². The Labute approximate surface area is 102 Å². The smallest absolute Gasteiger partial charge is 0.427 e. The number of hydrazone groups is 1. The van der Waals surface area contributed by atoms with Crippen molar-refractivity contribution in [2.45, 2.75) is 0 Å². The maximum Gasteiger partial charge on any atom is 0.427 e. The molecule has 0 aromatic heterocycles. The third-order valence-corrected chi connectivity index (χ3v) is 2.23. The molecule has 0 aliphatic carbocycles. The number of nitrogens with one attached hydrogen (secondary N) is 1. The van der Waals surface area contributed by atoms with E-state index in [4.69, 9.17) is 4.74 Å². The molecule has 1 amide bonds. The molecule has 16 heavy (non-hydrogen) atoms. The van der Waals surface area contributed by atoms with Gasteiger partial charge in [-0.25, -0.2) is 10.2 Å². The highest BCUT2D eigenvalue weighted by Gasteiger charge is 2.01. The topological polar surface area (TPSA) is 59.9 Å². The average Bonchev–Trinajstić information content (AvgIpc) is 2.29. The molecule has 1 rings (SSSR count). The number of carbonyl (C=O) groups excluding carboxylic acids is 1. The Morgan fingerprint density at radius 3 is 2.88 bits per heavy atom. The number of carbonyl (C=O) groups is 1. The number of hydrogen-bond donors (Lipinski definition) is 1. The zero-order valence-corrected chi connectivity index (χ0v) is 10.4. The van der Waals surface area contributed by atoms with Crippen molar-refractivity contribution in [3.05, 3.63) is 28.2 Å². The highest BCUT2D eigenvalue weighted by atomic mass is 79.9. The van der Waals surface area contributed by atoms with E-state index in [0.29, 0.717) is 5.75 Å². The number of ether oxygens (including phenoxy) is 2. The van der Waals surface area contributed by atoms with E-state index in [9.17, 15) is 4.79 Å². The molecule has 1 aromatic carbocycles. The molecule has 0 saturated heterocycles. The summed E-state index contributed by atoms with van der Waals surface area (Å²) in [5, 5.41) is 3.71. The van der Waals surface area contributed by atoms with E-state index in [-0.39, 0.29) is 0 Å². The third kappa shape index (κ3) is 3.54. The second-order valence-electron chi connectivity index (χ2n) is 2.75. The number of methoxy groups -OCH3 is 2. The number of rotatable bonds is 3. The summed E-state index contributed by atoms with van der Waals surface area (Å²) in [4.78, 5) is 10.7. The molecule has 5 nitrogen and oxygen atoms in total. The predicted octanol–water partition coefficient (Wildman–Crippen LogP) is 2.15. The zero-order valence-electron chi connectivity index (χ0n) is 8.86. The molecule has 1 N–H and O–H groups in total. The summed E-state index contributed by atoms with van der Waals surface area (Å²) in [6.45, 7) is 0. The van der Waals surface area contributed by atoms with Crippen LogP contribution in [0.3, 0.4) is 0 Å². The predicted molar refractivity (Wildman–Crippen MR) is 63.8 cm³/mol. The molecule has 0 spiro atoms. The number of hydrogen-bond acceptors (Lipinski definition) is 4. The Hall–Kier alpha value is -1.56. The quantitative estimate of drug-likeness (QED) is 0.684. The van der Waals surface area contributed by atoms with Crippen molar-refractivity contribution < 1.29 is 14.3 Å². The van der Waals surface area contributed by atoms with Crippen LogP contribution in [-0.2, 0) is 4.74 Å². The van der Waals surface area contributed by atoms with E-state index < -0.39 is 6.09 Å². The minimum absolute atomic E-state index is 0.620. The first kappa shape index (κ1) is 12.5. The van der Waals surface area contributed by atoms with Gasteiger partial charge in [0, 0.05) is 10.0 Å². The molecule has 0 unspecified atom stereocenters. The maximum atomic E-state index is 10.7. The minimum Gasteiger partial charge on any atom is -0.496 e. The van der Waals surface area contributed by atoms with Gasteiger partial charge in [-0.15, -0.1) is 0 Å². The van der Waals surface area contributed by atoms with E-state index >= 15 is 0 Å². The average molecular weight is 287 g/mol. The lowest BCUT2D eigenvalue weighted by molar-refractivity contribution is 0.171. The molecule has 6 heteroatoms. The summed E-state index contributed by atoms with van der Waals surface area (Å²) >= 11 is 3.33. The molecule has 0 fully saturated rings. The monoisotopic (exact) mass is 286 g/mol. The van der Waals surface area contributed by atoms with Crippen LogP contribution in [-0.4, -0.2) is 26.5 Å². The summed E-state index contributed by atoms with van der Waals surface area (Å²) in [7, 11) is 2.83. The summed E-state index contributed by atoms with van der Waals surface area (Å²) in [6, 6.07) is 5.47. The Kier molecular flexibility index (Phi) is 4.78. The van der Waals surface area contributed by atoms with Crippen molar-refractivity contribution in [1.29, 1.82) is 0 Å². The van der Waals surface area contributed by atoms with Crippen molar-refractivity contribution in [1.82, 2.24) is 5.43 Å². The number of amides is 1. The number of benzene rings is 1. The van der Waals surface area contributed by atoms with E-state index in [2.05, 4.69) is 31.2 Å². The van der Waals surface area contributed by atoms with Crippen LogP contribution in [0.1, 0.15) is 5.56 Å². The largest absolute Gasteiger partial charge is 0.496 e. The van der Waals surface area contributed by atoms with E-state index in [1.54, 1.807) is 13.2 Å². The standard InChI is InChI=1S/C10H11BrN2O3/c1-15-9-4-3-8(11)5-7(9)6-12-13-10(14)16-2/h3-6H,1-2H3,(H,13,14)/b12-6+. The molecule has 0 heterocycles. The van der Waals surface area contributed by atoms with Crippen molar-refractivity contribution >= 4 is 28.2 Å². The first-order chi connectivity index (χ1) is 7.67. The fraction of sp³-hybridized carbons (Fsp3) is 0.200. The van der Waals surface area contributed by atoms with Gasteiger partial charge >= 0.3 is 6.09 Å². The molecule has 1 aromatic rings. The van der Waals surface area contributed by atoms with Gasteiger partial charge in [-0.2, -0.15) is 5.10 Å². The van der Waals surface area contributed by atoms with E-state index in [0.717, 1.165) is 10.0 Å². The van der Waals surface area contributed by atoms with Gasteiger partial charge in [0.25, 0.3) is 0 Å². The van der Waals surface area contributed by atoms with Crippen LogP contribution in [0.15, 0.2) is 27.8 Å². The summed E-state index contributed by atoms with van der Waals surface area (Å²) < 4.78 is 10.4. The number of halogens is 1. The molecule has 0 saturated carbocycles. The first-order valence-electron chi connectivity index (χ1n) is 4.38. The molecule has 0 aliphatic heterocycles. The van der Waals surface area contributed by atoms with Gasteiger partial charge in [-0.3, -0.25) is 0 Å². The summed E-state index contributed by atoms with van der Waals surface area (Å²) in [6.07, 6.45) is 0.853. The summed E-state index contributed by atoms with van der Waals surface area (Å²) in [5.41, 5.74) is 2.93. The minimum atomic E-state index is -0.620. The van der Waals surface area contributed by atoms with Gasteiger partial charge in [0.15, 0.2) is 0 Å². The van der Waals surface area contributed by atoms with Crippen molar-refractivity contribution in [2.75, 3.05) is 14.2 Å². The molecular formula is C10H11BrN2O3. The Balaban J connectivity index is 2.79. The van der Waals surface area contributed by atoms with Crippen molar-refractivity contribution in [3.8, 4) is 5.75 Å². The Morgan fingerprint density at radius 2 is 2.25 bits per heavy atom. The lowest BCUT2D eigenvalue weighted by Gasteiger charge is -2.04. The highest BCUT2D eigenvalue weighted by Crippen LogP contribution is 2.21. The lowest BCUT2D eigenvalue weighted by atomic mass is 10.2. The zero-order chi connectivity index (χ0) is 12.0. The van der Waals surface area contributed by atoms with Gasteiger partial charge in [-0.05, 0) is 18.2 Å². The van der Waals surface area contributed by atoms with Gasteiger partial charge in [0.1, 0.15) is 5.75 Å². The highest BCUT2D eigenvalue weighted by molar-refractivity contribution is 9.10. The van der Waals surface area contributed by atoms with Crippen molar-refractivity contribution in [2.24, 2.45) is 5.10 Å². The number of nitrogens with zero attached hydrogens (tertiary/aromatic N) is 1. The SMILES string of the molecule is COC(=O)N/N=C/c1cc(Br)ccc1OC. The van der Waals surface area contributed by atoms with E-state index in [1.807, 2.05) is 12.1 Å². The molecule has 0 atom stereocenters. The molecule has 0 aliphatic rings. The normalized spacial score (nSPS) is 10.2. The molecule has 86 valence electrons. The van der Waals surface area contributed by atoms with Crippen LogP contribution in [0.5, 0.6) is 5.75 Å². The van der Waals surface area contributed by atoms with Gasteiger partial charge < -0.3 is 9.47 Å². The van der Waals surface area contributed by atoms with E-state index in [1.165, 1.54) is 13.3 Å². The van der Waals surface area contributed by atoms with Gasteiger partial charge in [0.2, 0.25) is 0 Å². The van der Waals surface area contributed by atoms with Crippen LogP contribution in [0.25, 0.3) is 0 Å².